The van der Waals surface area contributed by atoms with Gasteiger partial charge in [0.25, 0.3) is 0 Å². The Morgan fingerprint density at radius 1 is 1.22 bits per heavy atom. The van der Waals surface area contributed by atoms with Crippen molar-refractivity contribution in [2.75, 3.05) is 37.8 Å². The van der Waals surface area contributed by atoms with E-state index < -0.39 is 29.2 Å². The molecule has 1 unspecified atom stereocenters. The summed E-state index contributed by atoms with van der Waals surface area (Å²) in [4.78, 5) is 28.2. The first-order valence-electron chi connectivity index (χ1n) is 13.7. The molecular formula is C28H31ClF2N6O4. The predicted octanol–water partition coefficient (Wildman–Crippen LogP) is 4.29. The van der Waals surface area contributed by atoms with Crippen molar-refractivity contribution in [3.8, 4) is 6.01 Å². The fourth-order valence-electron chi connectivity index (χ4n) is 6.04. The van der Waals surface area contributed by atoms with Crippen molar-refractivity contribution >= 4 is 34.4 Å². The number of amides is 1. The number of halogens is 3. The largest absolute Gasteiger partial charge is 0.461 e. The molecule has 13 heteroatoms. The minimum atomic E-state index is -1.20. The molecule has 1 amide bonds. The third-order valence-electron chi connectivity index (χ3n) is 8.14. The van der Waals surface area contributed by atoms with E-state index in [0.717, 1.165) is 24.9 Å². The number of pyridine rings is 1. The molecule has 0 radical (unpaired) electrons. The predicted molar refractivity (Wildman–Crippen MR) is 147 cm³/mol. The van der Waals surface area contributed by atoms with Crippen LogP contribution < -0.4 is 9.75 Å². The van der Waals surface area contributed by atoms with Gasteiger partial charge in [0.05, 0.1) is 23.1 Å². The highest BCUT2D eigenvalue weighted by Gasteiger charge is 2.49. The van der Waals surface area contributed by atoms with Crippen molar-refractivity contribution in [2.45, 2.75) is 56.5 Å². The number of aliphatic hydroxyl groups is 1. The van der Waals surface area contributed by atoms with Gasteiger partial charge in [-0.3, -0.25) is 9.91 Å². The number of alkyl halides is 1. The van der Waals surface area contributed by atoms with E-state index in [0.29, 0.717) is 13.0 Å². The lowest BCUT2D eigenvalue weighted by Gasteiger charge is -2.44. The number of carbonyl (C=O) groups excluding carboxylic acids is 1. The van der Waals surface area contributed by atoms with Crippen LogP contribution in [0.4, 0.5) is 19.4 Å². The summed E-state index contributed by atoms with van der Waals surface area (Å²) in [5, 5.41) is 13.5. The number of anilines is 1. The molecule has 218 valence electrons. The number of hydrazine groups is 1. The number of hydrogen-bond donors (Lipinski definition) is 1. The van der Waals surface area contributed by atoms with Crippen molar-refractivity contribution in [3.05, 3.63) is 53.1 Å². The van der Waals surface area contributed by atoms with Crippen molar-refractivity contribution in [1.82, 2.24) is 24.9 Å². The lowest BCUT2D eigenvalue weighted by Crippen LogP contribution is -2.59. The molecule has 3 saturated heterocycles. The maximum atomic E-state index is 15.3. The number of benzene rings is 1. The fraction of sp³-hybridized carbons (Fsp3) is 0.500. The van der Waals surface area contributed by atoms with Crippen LogP contribution in [-0.2, 0) is 11.3 Å². The molecule has 0 spiro atoms. The highest BCUT2D eigenvalue weighted by Crippen LogP contribution is 2.41. The Balaban J connectivity index is 1.35. The van der Waals surface area contributed by atoms with Gasteiger partial charge in [-0.25, -0.2) is 23.6 Å². The smallest absolute Gasteiger partial charge is 0.429 e. The summed E-state index contributed by atoms with van der Waals surface area (Å²) in [5.41, 5.74) is -1.02. The van der Waals surface area contributed by atoms with Gasteiger partial charge in [0, 0.05) is 25.7 Å². The Morgan fingerprint density at radius 3 is 2.83 bits per heavy atom. The standard InChI is InChI=1S/C28H31ClF2N6O4/c1-27(39)9-11-36(26(38)40-15-18-6-3-2-4-7-18)37(16-27)24-20-13-32-23(29)21(31)22(20)33-25(34-24)41-17-28-8-5-10-35(28)14-19(30)12-28/h2-4,6-7,13,19,39H,5,8-12,14-17H2,1H3/t19-,27?,28+/m1/s1. The number of carbonyl (C=O) groups is 1. The van der Waals surface area contributed by atoms with Crippen LogP contribution in [0.2, 0.25) is 5.15 Å². The molecule has 0 aliphatic carbocycles. The second-order valence-corrected chi connectivity index (χ2v) is 11.6. The Morgan fingerprint density at radius 2 is 2.02 bits per heavy atom. The first kappa shape index (κ1) is 27.8. The topological polar surface area (TPSA) is 104 Å². The quantitative estimate of drug-likeness (QED) is 0.422. The van der Waals surface area contributed by atoms with Gasteiger partial charge in [-0.2, -0.15) is 9.97 Å². The summed E-state index contributed by atoms with van der Waals surface area (Å²) in [6.07, 6.45) is 2.03. The third-order valence-corrected chi connectivity index (χ3v) is 8.40. The van der Waals surface area contributed by atoms with Crippen LogP contribution in [0.1, 0.15) is 38.2 Å². The SMILES string of the molecule is CC1(O)CCN(C(=O)OCc2ccccc2)N(c2nc(OC[C@@]34CCCN3C[C@H](F)C4)nc3c(F)c(Cl)ncc23)C1. The van der Waals surface area contributed by atoms with Crippen LogP contribution in [0.15, 0.2) is 36.5 Å². The van der Waals surface area contributed by atoms with Gasteiger partial charge < -0.3 is 14.6 Å². The summed E-state index contributed by atoms with van der Waals surface area (Å²) >= 11 is 6.00. The molecule has 1 N–H and O–H groups in total. The molecule has 1 aromatic carbocycles. The Hall–Kier alpha value is -3.35. The van der Waals surface area contributed by atoms with Gasteiger partial charge in [-0.1, -0.05) is 41.9 Å². The molecule has 3 aliphatic rings. The maximum Gasteiger partial charge on any atom is 0.429 e. The van der Waals surface area contributed by atoms with Crippen LogP contribution >= 0.6 is 11.6 Å². The second-order valence-electron chi connectivity index (χ2n) is 11.3. The summed E-state index contributed by atoms with van der Waals surface area (Å²) in [5.74, 6) is -0.773. The third kappa shape index (κ3) is 5.47. The maximum absolute atomic E-state index is 15.3. The molecule has 3 atom stereocenters. The molecule has 10 nitrogen and oxygen atoms in total. The van der Waals surface area contributed by atoms with Crippen LogP contribution in [0, 0.1) is 5.82 Å². The average Bonchev–Trinajstić information content (AvgIpc) is 3.48. The summed E-state index contributed by atoms with van der Waals surface area (Å²) < 4.78 is 41.2. The van der Waals surface area contributed by atoms with E-state index in [1.54, 1.807) is 6.92 Å². The van der Waals surface area contributed by atoms with E-state index in [2.05, 4.69) is 19.9 Å². The number of ether oxygens (including phenoxy) is 2. The molecule has 3 aliphatic heterocycles. The summed E-state index contributed by atoms with van der Waals surface area (Å²) in [6, 6.07) is 9.08. The van der Waals surface area contributed by atoms with E-state index in [4.69, 9.17) is 21.1 Å². The van der Waals surface area contributed by atoms with Gasteiger partial charge in [0.1, 0.15) is 24.9 Å². The van der Waals surface area contributed by atoms with Crippen molar-refractivity contribution in [2.24, 2.45) is 0 Å². The first-order chi connectivity index (χ1) is 19.6. The van der Waals surface area contributed by atoms with E-state index in [1.165, 1.54) is 16.2 Å². The van der Waals surface area contributed by atoms with Gasteiger partial charge in [0.15, 0.2) is 16.8 Å². The number of aromatic nitrogens is 3. The number of β-amino-alcohol motifs (C(OH)–C–C–N with tert-alkyl or cyclic N) is 1. The van der Waals surface area contributed by atoms with Crippen molar-refractivity contribution in [1.29, 1.82) is 0 Å². The molecular weight excluding hydrogens is 558 g/mol. The van der Waals surface area contributed by atoms with Crippen LogP contribution in [0.25, 0.3) is 10.9 Å². The lowest BCUT2D eigenvalue weighted by molar-refractivity contribution is -0.000127. The summed E-state index contributed by atoms with van der Waals surface area (Å²) in [6.45, 7) is 3.01. The zero-order valence-corrected chi connectivity index (χ0v) is 23.4. The Bertz CT molecular complexity index is 1450. The normalized spacial score (nSPS) is 26.4. The molecule has 41 heavy (non-hydrogen) atoms. The molecule has 3 aromatic rings. The van der Waals surface area contributed by atoms with E-state index >= 15 is 4.39 Å². The highest BCUT2D eigenvalue weighted by atomic mass is 35.5. The lowest BCUT2D eigenvalue weighted by atomic mass is 9.95. The Kier molecular flexibility index (Phi) is 7.33. The van der Waals surface area contributed by atoms with Crippen molar-refractivity contribution < 1.29 is 28.2 Å². The first-order valence-corrected chi connectivity index (χ1v) is 14.0. The Labute approximate surface area is 240 Å². The average molecular weight is 589 g/mol. The second kappa shape index (κ2) is 10.8. The van der Waals surface area contributed by atoms with Crippen LogP contribution in [-0.4, -0.2) is 86.2 Å². The molecule has 0 saturated carbocycles. The number of fused-ring (bicyclic) bond motifs is 2. The molecule has 2 aromatic heterocycles. The number of hydrogen-bond acceptors (Lipinski definition) is 9. The van der Waals surface area contributed by atoms with Crippen LogP contribution in [0.5, 0.6) is 6.01 Å². The van der Waals surface area contributed by atoms with E-state index in [-0.39, 0.29) is 60.6 Å². The summed E-state index contributed by atoms with van der Waals surface area (Å²) in [7, 11) is 0. The monoisotopic (exact) mass is 588 g/mol. The molecule has 3 fully saturated rings. The van der Waals surface area contributed by atoms with Gasteiger partial charge in [-0.15, -0.1) is 0 Å². The van der Waals surface area contributed by atoms with E-state index in [1.807, 2.05) is 30.3 Å². The van der Waals surface area contributed by atoms with Crippen LogP contribution in [0.3, 0.4) is 0 Å². The number of nitrogens with zero attached hydrogens (tertiary/aromatic N) is 6. The fourth-order valence-corrected chi connectivity index (χ4v) is 6.17. The van der Waals surface area contributed by atoms with Gasteiger partial charge in [0.2, 0.25) is 0 Å². The zero-order valence-electron chi connectivity index (χ0n) is 22.6. The van der Waals surface area contributed by atoms with E-state index in [9.17, 15) is 14.3 Å². The zero-order chi connectivity index (χ0) is 28.8. The minimum Gasteiger partial charge on any atom is -0.461 e. The van der Waals surface area contributed by atoms with Gasteiger partial charge >= 0.3 is 12.1 Å². The molecule has 6 rings (SSSR count). The molecule has 0 bridgehead atoms. The number of rotatable bonds is 6. The molecule has 5 heterocycles. The van der Waals surface area contributed by atoms with Gasteiger partial charge in [-0.05, 0) is 38.3 Å². The van der Waals surface area contributed by atoms with Crippen molar-refractivity contribution in [3.63, 3.8) is 0 Å². The highest BCUT2D eigenvalue weighted by molar-refractivity contribution is 6.30. The minimum absolute atomic E-state index is 0.0409.